The molecule has 0 unspecified atom stereocenters. The highest BCUT2D eigenvalue weighted by molar-refractivity contribution is 6.25. The maximum absolute atomic E-state index is 2.48. The third-order valence-corrected chi connectivity index (χ3v) is 14.7. The van der Waals surface area contributed by atoms with Crippen molar-refractivity contribution in [3.63, 3.8) is 0 Å². The molecule has 0 saturated heterocycles. The summed E-state index contributed by atoms with van der Waals surface area (Å²) >= 11 is 0. The van der Waals surface area contributed by atoms with Crippen LogP contribution in [0.5, 0.6) is 0 Å². The number of rotatable bonds is 6. The average Bonchev–Trinajstić information content (AvgIpc) is 3.79. The topological polar surface area (TPSA) is 3.24 Å². The average molecular weight is 828 g/mol. The van der Waals surface area contributed by atoms with Crippen molar-refractivity contribution in [2.45, 2.75) is 24.7 Å². The van der Waals surface area contributed by atoms with E-state index in [9.17, 15) is 0 Å². The van der Waals surface area contributed by atoms with Crippen LogP contribution in [0.4, 0.5) is 17.1 Å². The smallest absolute Gasteiger partial charge is 0.0714 e. The van der Waals surface area contributed by atoms with Gasteiger partial charge in [-0.05, 0) is 142 Å². The molecule has 2 aliphatic rings. The molecule has 0 saturated carbocycles. The van der Waals surface area contributed by atoms with Crippen LogP contribution in [0.1, 0.15) is 47.2 Å². The largest absolute Gasteiger partial charge is 0.310 e. The van der Waals surface area contributed by atoms with E-state index in [1.54, 1.807) is 0 Å². The lowest BCUT2D eigenvalue weighted by Crippen LogP contribution is -2.28. The summed E-state index contributed by atoms with van der Waals surface area (Å²) in [7, 11) is 0. The van der Waals surface area contributed by atoms with Gasteiger partial charge in [0.1, 0.15) is 0 Å². The highest BCUT2D eigenvalue weighted by Crippen LogP contribution is 2.58. The SMILES string of the molecule is CC1(C)c2ccccc2-c2cc(N(c3ccc(-c4ccc5c6ccccc6c6ccccc6c5c4)cc3)c3ccc4c(c3)C(c3ccccc3)(c3ccccc3)c3ccccc3-4)ccc21. The Morgan fingerprint density at radius 2 is 0.723 bits per heavy atom. The molecule has 0 atom stereocenters. The van der Waals surface area contributed by atoms with Crippen molar-refractivity contribution in [3.8, 4) is 33.4 Å². The molecule has 0 aromatic heterocycles. The summed E-state index contributed by atoms with van der Waals surface area (Å²) in [6.07, 6.45) is 0. The van der Waals surface area contributed by atoms with Crippen LogP contribution < -0.4 is 4.90 Å². The van der Waals surface area contributed by atoms with Gasteiger partial charge in [0.15, 0.2) is 0 Å². The third kappa shape index (κ3) is 5.46. The Bertz CT molecular complexity index is 3600. The Balaban J connectivity index is 1.01. The lowest BCUT2D eigenvalue weighted by molar-refractivity contribution is 0.660. The van der Waals surface area contributed by atoms with E-state index >= 15 is 0 Å². The van der Waals surface area contributed by atoms with E-state index in [0.717, 1.165) is 17.1 Å². The molecular weight excluding hydrogens is 783 g/mol. The number of fused-ring (bicyclic) bond motifs is 12. The summed E-state index contributed by atoms with van der Waals surface area (Å²) in [5, 5.41) is 7.73. The van der Waals surface area contributed by atoms with Gasteiger partial charge in [-0.1, -0.05) is 208 Å². The van der Waals surface area contributed by atoms with Gasteiger partial charge in [0.05, 0.1) is 5.41 Å². The predicted octanol–water partition coefficient (Wildman–Crippen LogP) is 17.0. The fourth-order valence-corrected chi connectivity index (χ4v) is 11.8. The number of hydrogen-bond acceptors (Lipinski definition) is 1. The molecule has 0 amide bonds. The van der Waals surface area contributed by atoms with E-state index in [4.69, 9.17) is 0 Å². The van der Waals surface area contributed by atoms with Gasteiger partial charge in [-0.2, -0.15) is 0 Å². The lowest BCUT2D eigenvalue weighted by atomic mass is 9.67. The minimum absolute atomic E-state index is 0.0846. The first kappa shape index (κ1) is 37.5. The zero-order valence-corrected chi connectivity index (χ0v) is 36.5. The summed E-state index contributed by atoms with van der Waals surface area (Å²) in [5.41, 5.74) is 18.2. The molecule has 13 rings (SSSR count). The first-order valence-corrected chi connectivity index (χ1v) is 22.8. The molecule has 0 N–H and O–H groups in total. The molecule has 11 aromatic carbocycles. The van der Waals surface area contributed by atoms with E-state index in [2.05, 4.69) is 255 Å². The maximum atomic E-state index is 2.48. The second-order valence-corrected chi connectivity index (χ2v) is 18.4. The maximum Gasteiger partial charge on any atom is 0.0714 e. The van der Waals surface area contributed by atoms with E-state index in [0.29, 0.717) is 0 Å². The van der Waals surface area contributed by atoms with Gasteiger partial charge < -0.3 is 4.90 Å². The van der Waals surface area contributed by atoms with Gasteiger partial charge in [0.2, 0.25) is 0 Å². The highest BCUT2D eigenvalue weighted by atomic mass is 15.1. The Kier molecular flexibility index (Phi) is 8.24. The highest BCUT2D eigenvalue weighted by Gasteiger charge is 2.46. The fraction of sp³-hybridized carbons (Fsp3) is 0.0625. The Morgan fingerprint density at radius 3 is 1.37 bits per heavy atom. The molecule has 0 heterocycles. The quantitative estimate of drug-likeness (QED) is 0.151. The Labute approximate surface area is 380 Å². The molecule has 1 heteroatoms. The van der Waals surface area contributed by atoms with Crippen molar-refractivity contribution >= 4 is 49.4 Å². The van der Waals surface area contributed by atoms with E-state index < -0.39 is 5.41 Å². The van der Waals surface area contributed by atoms with Crippen LogP contribution in [-0.2, 0) is 10.8 Å². The number of anilines is 3. The minimum Gasteiger partial charge on any atom is -0.310 e. The molecule has 11 aromatic rings. The minimum atomic E-state index is -0.507. The molecule has 1 nitrogen and oxygen atoms in total. The van der Waals surface area contributed by atoms with Crippen LogP contribution in [0.3, 0.4) is 0 Å². The van der Waals surface area contributed by atoms with Crippen LogP contribution >= 0.6 is 0 Å². The molecule has 0 radical (unpaired) electrons. The van der Waals surface area contributed by atoms with Gasteiger partial charge in [0.25, 0.3) is 0 Å². The lowest BCUT2D eigenvalue weighted by Gasteiger charge is -2.35. The monoisotopic (exact) mass is 827 g/mol. The first-order chi connectivity index (χ1) is 32.0. The Hall–Kier alpha value is -8.00. The third-order valence-electron chi connectivity index (χ3n) is 14.7. The molecule has 306 valence electrons. The summed E-state index contributed by atoms with van der Waals surface area (Å²) in [6, 6.07) is 88.4. The van der Waals surface area contributed by atoms with Crippen LogP contribution in [0.2, 0.25) is 0 Å². The van der Waals surface area contributed by atoms with Gasteiger partial charge in [0, 0.05) is 22.5 Å². The van der Waals surface area contributed by atoms with E-state index in [1.807, 2.05) is 0 Å². The summed E-state index contributed by atoms with van der Waals surface area (Å²) in [4.78, 5) is 2.47. The molecule has 65 heavy (non-hydrogen) atoms. The van der Waals surface area contributed by atoms with Gasteiger partial charge in [-0.25, -0.2) is 0 Å². The van der Waals surface area contributed by atoms with Crippen molar-refractivity contribution in [3.05, 3.63) is 270 Å². The predicted molar refractivity (Wildman–Crippen MR) is 274 cm³/mol. The van der Waals surface area contributed by atoms with Crippen molar-refractivity contribution < 1.29 is 0 Å². The van der Waals surface area contributed by atoms with Crippen LogP contribution in [-0.4, -0.2) is 0 Å². The van der Waals surface area contributed by atoms with Gasteiger partial charge >= 0.3 is 0 Å². The molecule has 0 spiro atoms. The zero-order valence-electron chi connectivity index (χ0n) is 36.5. The molecule has 0 aliphatic heterocycles. The number of hydrogen-bond donors (Lipinski definition) is 0. The fourth-order valence-electron chi connectivity index (χ4n) is 11.8. The van der Waals surface area contributed by atoms with Gasteiger partial charge in [-0.3, -0.25) is 0 Å². The van der Waals surface area contributed by atoms with E-state index in [-0.39, 0.29) is 5.41 Å². The zero-order chi connectivity index (χ0) is 43.3. The van der Waals surface area contributed by atoms with Crippen LogP contribution in [0, 0.1) is 0 Å². The van der Waals surface area contributed by atoms with Crippen LogP contribution in [0.15, 0.2) is 237 Å². The summed E-state index contributed by atoms with van der Waals surface area (Å²) < 4.78 is 0. The normalized spacial score (nSPS) is 13.9. The standard InChI is InChI=1S/C64H45N/c1-63(2)59-27-15-13-26-55(59)58-40-47(35-38-60(58)63)65(46-32-29-42(30-33-46)43-31-36-53-51-23-10-9-21-49(51)50-22-11-12-24-52(50)57(53)39-43)48-34-37-56-54-25-14-16-28-61(54)64(62(56)41-48,44-17-5-3-6-18-44)45-19-7-4-8-20-45/h3-41H,1-2H3. The first-order valence-electron chi connectivity index (χ1n) is 22.8. The molecule has 2 aliphatic carbocycles. The van der Waals surface area contributed by atoms with Crippen molar-refractivity contribution in [2.75, 3.05) is 4.90 Å². The molecular formula is C64H45N. The molecule has 0 bridgehead atoms. The van der Waals surface area contributed by atoms with Crippen molar-refractivity contribution in [1.82, 2.24) is 0 Å². The summed E-state index contributed by atoms with van der Waals surface area (Å²) in [5.74, 6) is 0. The Morgan fingerprint density at radius 1 is 0.277 bits per heavy atom. The van der Waals surface area contributed by atoms with Crippen molar-refractivity contribution in [1.29, 1.82) is 0 Å². The second-order valence-electron chi connectivity index (χ2n) is 18.4. The van der Waals surface area contributed by atoms with Crippen LogP contribution in [0.25, 0.3) is 65.7 Å². The summed E-state index contributed by atoms with van der Waals surface area (Å²) in [6.45, 7) is 4.72. The second kappa shape index (κ2) is 14.3. The van der Waals surface area contributed by atoms with E-state index in [1.165, 1.54) is 99.1 Å². The van der Waals surface area contributed by atoms with Crippen molar-refractivity contribution in [2.24, 2.45) is 0 Å². The molecule has 0 fully saturated rings. The van der Waals surface area contributed by atoms with Gasteiger partial charge in [-0.15, -0.1) is 0 Å². The number of nitrogens with zero attached hydrogens (tertiary/aromatic N) is 1. The number of benzene rings is 11.